The highest BCUT2D eigenvalue weighted by molar-refractivity contribution is 5.96. The van der Waals surface area contributed by atoms with Crippen LogP contribution in [0, 0.1) is 10.1 Å². The molecule has 0 aliphatic rings. The van der Waals surface area contributed by atoms with Gasteiger partial charge >= 0.3 is 18.3 Å². The number of nitro benzene ring substituents is 1. The molecular formula is C17H10F6N2O5. The predicted molar refractivity (Wildman–Crippen MR) is 88.5 cm³/mol. The topological polar surface area (TPSA) is 98.5 Å². The Morgan fingerprint density at radius 3 is 1.97 bits per heavy atom. The molecule has 13 heteroatoms. The van der Waals surface area contributed by atoms with Crippen molar-refractivity contribution in [2.75, 3.05) is 11.9 Å². The standard InChI is InChI=1S/C17H10F6N2O5/c18-16(19,20)10-3-1-9(2-4-10)15(27)30-8-14(26)24-12-6-5-11(17(21,22)23)7-13(12)25(28)29/h1-7H,8H2,(H,24,26). The minimum absolute atomic E-state index is 0.226. The minimum atomic E-state index is -4.84. The van der Waals surface area contributed by atoms with Gasteiger partial charge in [0.25, 0.3) is 11.6 Å². The van der Waals surface area contributed by atoms with Crippen LogP contribution in [0.3, 0.4) is 0 Å². The Kier molecular flexibility index (Phi) is 6.33. The molecule has 1 amide bonds. The maximum atomic E-state index is 12.7. The lowest BCUT2D eigenvalue weighted by atomic mass is 10.1. The first kappa shape index (κ1) is 22.6. The number of anilines is 1. The van der Waals surface area contributed by atoms with Gasteiger partial charge in [-0.1, -0.05) is 0 Å². The van der Waals surface area contributed by atoms with Crippen LogP contribution >= 0.6 is 0 Å². The number of hydrogen-bond acceptors (Lipinski definition) is 5. The zero-order valence-corrected chi connectivity index (χ0v) is 14.5. The number of ether oxygens (including phenoxy) is 1. The van der Waals surface area contributed by atoms with E-state index in [1.807, 2.05) is 5.32 Å². The summed E-state index contributed by atoms with van der Waals surface area (Å²) < 4.78 is 80.0. The SMILES string of the molecule is O=C(COC(=O)c1ccc(C(F)(F)F)cc1)Nc1ccc(C(F)(F)F)cc1[N+](=O)[O-]. The number of halogens is 6. The first-order chi connectivity index (χ1) is 13.8. The summed E-state index contributed by atoms with van der Waals surface area (Å²) in [4.78, 5) is 33.4. The summed E-state index contributed by atoms with van der Waals surface area (Å²) in [6.07, 6.45) is -9.46. The average molecular weight is 436 g/mol. The third kappa shape index (κ3) is 5.68. The van der Waals surface area contributed by atoms with Crippen molar-refractivity contribution in [1.29, 1.82) is 0 Å². The molecule has 7 nitrogen and oxygen atoms in total. The van der Waals surface area contributed by atoms with E-state index in [-0.39, 0.29) is 11.6 Å². The Morgan fingerprint density at radius 1 is 0.933 bits per heavy atom. The predicted octanol–water partition coefficient (Wildman–Crippen LogP) is 4.43. The molecule has 0 bridgehead atoms. The van der Waals surface area contributed by atoms with Crippen LogP contribution < -0.4 is 5.32 Å². The number of nitro groups is 1. The highest BCUT2D eigenvalue weighted by Crippen LogP contribution is 2.35. The van der Waals surface area contributed by atoms with Crippen LogP contribution in [-0.4, -0.2) is 23.4 Å². The van der Waals surface area contributed by atoms with E-state index in [0.29, 0.717) is 24.3 Å². The number of nitrogens with one attached hydrogen (secondary N) is 1. The number of hydrogen-bond donors (Lipinski definition) is 1. The summed E-state index contributed by atoms with van der Waals surface area (Å²) in [6.45, 7) is -0.988. The van der Waals surface area contributed by atoms with E-state index in [1.165, 1.54) is 0 Å². The second-order valence-corrected chi connectivity index (χ2v) is 5.69. The lowest BCUT2D eigenvalue weighted by molar-refractivity contribution is -0.384. The van der Waals surface area contributed by atoms with Crippen LogP contribution in [0.5, 0.6) is 0 Å². The molecule has 160 valence electrons. The summed E-state index contributed by atoms with van der Waals surface area (Å²) in [5.41, 5.74) is -4.21. The number of carbonyl (C=O) groups is 2. The van der Waals surface area contributed by atoms with Gasteiger partial charge in [-0.2, -0.15) is 26.3 Å². The molecule has 0 radical (unpaired) electrons. The van der Waals surface area contributed by atoms with E-state index >= 15 is 0 Å². The number of benzene rings is 2. The van der Waals surface area contributed by atoms with Gasteiger partial charge in [0, 0.05) is 6.07 Å². The van der Waals surface area contributed by atoms with Crippen molar-refractivity contribution < 1.29 is 45.6 Å². The molecule has 0 aromatic heterocycles. The summed E-state index contributed by atoms with van der Waals surface area (Å²) >= 11 is 0. The van der Waals surface area contributed by atoms with Crippen LogP contribution in [0.25, 0.3) is 0 Å². The van der Waals surface area contributed by atoms with E-state index in [4.69, 9.17) is 0 Å². The number of nitrogens with zero attached hydrogens (tertiary/aromatic N) is 1. The van der Waals surface area contributed by atoms with Crippen molar-refractivity contribution in [3.05, 3.63) is 69.3 Å². The van der Waals surface area contributed by atoms with Crippen LogP contribution in [-0.2, 0) is 21.9 Å². The number of carbonyl (C=O) groups excluding carboxylic acids is 2. The number of rotatable bonds is 5. The van der Waals surface area contributed by atoms with Crippen molar-refractivity contribution in [2.45, 2.75) is 12.4 Å². The van der Waals surface area contributed by atoms with E-state index in [1.54, 1.807) is 0 Å². The maximum Gasteiger partial charge on any atom is 0.416 e. The molecule has 2 aromatic rings. The number of amides is 1. The molecule has 0 unspecified atom stereocenters. The van der Waals surface area contributed by atoms with E-state index in [9.17, 15) is 46.0 Å². The van der Waals surface area contributed by atoms with Crippen LogP contribution in [0.15, 0.2) is 42.5 Å². The van der Waals surface area contributed by atoms with E-state index < -0.39 is 58.3 Å². The van der Waals surface area contributed by atoms with Crippen molar-refractivity contribution in [3.8, 4) is 0 Å². The van der Waals surface area contributed by atoms with Gasteiger partial charge in [0.05, 0.1) is 21.6 Å². The van der Waals surface area contributed by atoms with Crippen molar-refractivity contribution >= 4 is 23.3 Å². The molecule has 0 saturated heterocycles. The zero-order valence-electron chi connectivity index (χ0n) is 14.5. The zero-order chi connectivity index (χ0) is 22.7. The van der Waals surface area contributed by atoms with Crippen LogP contribution in [0.1, 0.15) is 21.5 Å². The molecule has 0 aliphatic carbocycles. The van der Waals surface area contributed by atoms with Gasteiger partial charge in [-0.05, 0) is 36.4 Å². The highest BCUT2D eigenvalue weighted by Gasteiger charge is 2.33. The fourth-order valence-corrected chi connectivity index (χ4v) is 2.16. The second kappa shape index (κ2) is 8.39. The third-order valence-electron chi connectivity index (χ3n) is 3.58. The van der Waals surface area contributed by atoms with Crippen molar-refractivity contribution in [3.63, 3.8) is 0 Å². The average Bonchev–Trinajstić information content (AvgIpc) is 2.64. The van der Waals surface area contributed by atoms with Crippen LogP contribution in [0.4, 0.5) is 37.7 Å². The quantitative estimate of drug-likeness (QED) is 0.324. The van der Waals surface area contributed by atoms with Gasteiger partial charge in [0.1, 0.15) is 5.69 Å². The Labute approximate surface area is 163 Å². The molecule has 0 fully saturated rings. The number of alkyl halides is 6. The molecule has 2 rings (SSSR count). The fourth-order valence-electron chi connectivity index (χ4n) is 2.16. The fraction of sp³-hybridized carbons (Fsp3) is 0.176. The third-order valence-corrected chi connectivity index (χ3v) is 3.58. The maximum absolute atomic E-state index is 12.7. The van der Waals surface area contributed by atoms with Gasteiger partial charge < -0.3 is 10.1 Å². The molecule has 0 saturated carbocycles. The van der Waals surface area contributed by atoms with Crippen LogP contribution in [0.2, 0.25) is 0 Å². The van der Waals surface area contributed by atoms with Gasteiger partial charge in [-0.3, -0.25) is 14.9 Å². The summed E-state index contributed by atoms with van der Waals surface area (Å²) in [5, 5.41) is 12.9. The van der Waals surface area contributed by atoms with Gasteiger partial charge in [-0.25, -0.2) is 4.79 Å². The van der Waals surface area contributed by atoms with Gasteiger partial charge in [0.2, 0.25) is 0 Å². The molecule has 0 heterocycles. The first-order valence-corrected chi connectivity index (χ1v) is 7.79. The van der Waals surface area contributed by atoms with E-state index in [2.05, 4.69) is 4.74 Å². The Balaban J connectivity index is 2.04. The van der Waals surface area contributed by atoms with Crippen molar-refractivity contribution in [2.24, 2.45) is 0 Å². The largest absolute Gasteiger partial charge is 0.452 e. The summed E-state index contributed by atoms with van der Waals surface area (Å²) in [5.74, 6) is -2.26. The van der Waals surface area contributed by atoms with Gasteiger partial charge in [-0.15, -0.1) is 0 Å². The smallest absolute Gasteiger partial charge is 0.416 e. The Morgan fingerprint density at radius 2 is 1.47 bits per heavy atom. The summed E-state index contributed by atoms with van der Waals surface area (Å²) in [6, 6.07) is 4.30. The minimum Gasteiger partial charge on any atom is -0.452 e. The lowest BCUT2D eigenvalue weighted by Crippen LogP contribution is -2.21. The highest BCUT2D eigenvalue weighted by atomic mass is 19.4. The Hall–Kier alpha value is -3.64. The molecule has 2 aromatic carbocycles. The second-order valence-electron chi connectivity index (χ2n) is 5.69. The first-order valence-electron chi connectivity index (χ1n) is 7.79. The molecule has 0 aliphatic heterocycles. The molecule has 0 spiro atoms. The Bertz CT molecular complexity index is 970. The van der Waals surface area contributed by atoms with Gasteiger partial charge in [0.15, 0.2) is 6.61 Å². The molecule has 1 N–H and O–H groups in total. The lowest BCUT2D eigenvalue weighted by Gasteiger charge is -2.10. The monoisotopic (exact) mass is 436 g/mol. The number of esters is 1. The molecule has 30 heavy (non-hydrogen) atoms. The van der Waals surface area contributed by atoms with E-state index in [0.717, 1.165) is 12.1 Å². The van der Waals surface area contributed by atoms with Crippen molar-refractivity contribution in [1.82, 2.24) is 0 Å². The molecular weight excluding hydrogens is 426 g/mol. The molecule has 0 atom stereocenters. The normalized spacial score (nSPS) is 11.7. The summed E-state index contributed by atoms with van der Waals surface area (Å²) in [7, 11) is 0.